The first-order valence-corrected chi connectivity index (χ1v) is 7.65. The maximum atomic E-state index is 10.6. The Hall–Kier alpha value is -1.69. The number of fused-ring (bicyclic) bond motifs is 1. The van der Waals surface area contributed by atoms with E-state index in [0.29, 0.717) is 6.47 Å². The quantitative estimate of drug-likeness (QED) is 0.444. The molecule has 0 radical (unpaired) electrons. The molecule has 0 aromatic heterocycles. The fourth-order valence-electron chi connectivity index (χ4n) is 2.63. The van der Waals surface area contributed by atoms with Gasteiger partial charge < -0.3 is 4.74 Å². The zero-order chi connectivity index (χ0) is 16.4. The van der Waals surface area contributed by atoms with Crippen LogP contribution in [0.1, 0.15) is 44.9 Å². The Bertz CT molecular complexity index is 377. The number of hydrogen-bond donors (Lipinski definition) is 0. The van der Waals surface area contributed by atoms with E-state index in [1.54, 1.807) is 6.42 Å². The van der Waals surface area contributed by atoms with Gasteiger partial charge in [-0.15, -0.1) is 0 Å². The number of carbonyl (C=O) groups excluding carboxylic acids is 3. The highest BCUT2D eigenvalue weighted by molar-refractivity contribution is 6.00. The first-order chi connectivity index (χ1) is 10.6. The van der Waals surface area contributed by atoms with E-state index in [9.17, 15) is 9.59 Å². The van der Waals surface area contributed by atoms with E-state index in [2.05, 4.69) is 21.7 Å². The number of rotatable bonds is 2. The molecular formula is C16H25NO5. The maximum Gasteiger partial charge on any atom is 0.292 e. The Kier molecular flexibility index (Phi) is 8.43. The van der Waals surface area contributed by atoms with Crippen LogP contribution in [0.4, 0.5) is 0 Å². The topological polar surface area (TPSA) is 72.9 Å². The van der Waals surface area contributed by atoms with Gasteiger partial charge in [-0.3, -0.25) is 19.2 Å². The van der Waals surface area contributed by atoms with Crippen molar-refractivity contribution in [2.75, 3.05) is 14.2 Å². The van der Waals surface area contributed by atoms with Crippen LogP contribution < -0.4 is 0 Å². The highest BCUT2D eigenvalue weighted by Crippen LogP contribution is 2.46. The molecule has 0 bridgehead atoms. The summed E-state index contributed by atoms with van der Waals surface area (Å²) in [7, 11) is 2.62. The zero-order valence-corrected chi connectivity index (χ0v) is 13.3. The number of hydroxylamine groups is 2. The Balaban J connectivity index is 0.000000179. The average Bonchev–Trinajstić information content (AvgIpc) is 3.14. The number of nitrogens with zero attached hydrogens (tertiary/aromatic N) is 1. The van der Waals surface area contributed by atoms with Crippen molar-refractivity contribution in [3.8, 4) is 0 Å². The summed E-state index contributed by atoms with van der Waals surface area (Å²) < 4.78 is 3.86. The Morgan fingerprint density at radius 2 is 1.50 bits per heavy atom. The van der Waals surface area contributed by atoms with Crippen LogP contribution >= 0.6 is 0 Å². The summed E-state index contributed by atoms with van der Waals surface area (Å²) in [6, 6.07) is 0. The number of methoxy groups -OCH3 is 1. The monoisotopic (exact) mass is 311 g/mol. The van der Waals surface area contributed by atoms with Gasteiger partial charge in [0.25, 0.3) is 18.3 Å². The molecule has 0 aromatic rings. The van der Waals surface area contributed by atoms with Crippen LogP contribution in [-0.2, 0) is 24.0 Å². The number of carbonyl (C=O) groups is 3. The number of ether oxygens (including phenoxy) is 1. The van der Waals surface area contributed by atoms with Gasteiger partial charge >= 0.3 is 0 Å². The molecule has 6 heteroatoms. The van der Waals surface area contributed by atoms with Crippen LogP contribution in [0.3, 0.4) is 0 Å². The normalized spacial score (nSPS) is 27.1. The van der Waals surface area contributed by atoms with Crippen molar-refractivity contribution < 1.29 is 24.0 Å². The van der Waals surface area contributed by atoms with E-state index >= 15 is 0 Å². The van der Waals surface area contributed by atoms with Crippen molar-refractivity contribution in [3.63, 3.8) is 0 Å². The fraction of sp³-hybridized carbons (Fsp3) is 0.688. The molecule has 1 saturated carbocycles. The van der Waals surface area contributed by atoms with Gasteiger partial charge in [-0.1, -0.05) is 12.2 Å². The summed E-state index contributed by atoms with van der Waals surface area (Å²) in [6.45, 7) is 0.375. The van der Waals surface area contributed by atoms with Gasteiger partial charge in [-0.2, -0.15) is 5.06 Å². The smallest absolute Gasteiger partial charge is 0.292 e. The molecule has 22 heavy (non-hydrogen) atoms. The highest BCUT2D eigenvalue weighted by Gasteiger charge is 2.35. The molecule has 2 aliphatic carbocycles. The van der Waals surface area contributed by atoms with Gasteiger partial charge in [0, 0.05) is 12.8 Å². The standard InChI is InChI=1S/C9H14.C5H7NO3.C2H4O2/c1-2-4-6-9-7-8(9)5-3-1;1-9-6-4(7)2-3-5(6)8;1-4-2-3/h1-2,8-9H,3-7H2;2-3H2,1H3;2H,1H3/b2-1-;;. The molecule has 0 spiro atoms. The summed E-state index contributed by atoms with van der Waals surface area (Å²) >= 11 is 0. The minimum Gasteiger partial charge on any atom is -0.471 e. The molecule has 0 aromatic carbocycles. The van der Waals surface area contributed by atoms with Crippen molar-refractivity contribution in [2.45, 2.75) is 44.9 Å². The van der Waals surface area contributed by atoms with Crippen molar-refractivity contribution >= 4 is 18.3 Å². The van der Waals surface area contributed by atoms with E-state index in [0.717, 1.165) is 16.9 Å². The first kappa shape index (κ1) is 18.4. The van der Waals surface area contributed by atoms with Crippen molar-refractivity contribution in [1.82, 2.24) is 5.06 Å². The largest absolute Gasteiger partial charge is 0.471 e. The van der Waals surface area contributed by atoms with Gasteiger partial charge in [-0.05, 0) is 43.9 Å². The molecule has 3 rings (SSSR count). The van der Waals surface area contributed by atoms with Crippen LogP contribution in [0.5, 0.6) is 0 Å². The van der Waals surface area contributed by atoms with Crippen LogP contribution in [0.15, 0.2) is 12.2 Å². The van der Waals surface area contributed by atoms with E-state index in [1.807, 2.05) is 0 Å². The lowest BCUT2D eigenvalue weighted by Crippen LogP contribution is -2.27. The molecule has 2 amide bonds. The van der Waals surface area contributed by atoms with Crippen LogP contribution in [0, 0.1) is 11.8 Å². The predicted molar refractivity (Wildman–Crippen MR) is 80.4 cm³/mol. The molecule has 0 N–H and O–H groups in total. The number of allylic oxidation sites excluding steroid dienone is 2. The lowest BCUT2D eigenvalue weighted by Gasteiger charge is -2.07. The van der Waals surface area contributed by atoms with Gasteiger partial charge in [0.15, 0.2) is 0 Å². The molecule has 1 heterocycles. The molecule has 6 nitrogen and oxygen atoms in total. The molecular weight excluding hydrogens is 286 g/mol. The Morgan fingerprint density at radius 1 is 1.05 bits per heavy atom. The molecule has 2 atom stereocenters. The minimum absolute atomic E-state index is 0.248. The summed E-state index contributed by atoms with van der Waals surface area (Å²) in [5.74, 6) is 1.77. The SMILES string of the molecule is C1=C\CCC2CC2CC/1.COC=O.CON1C(=O)CCC1=O. The summed E-state index contributed by atoms with van der Waals surface area (Å²) in [4.78, 5) is 34.6. The second-order valence-electron chi connectivity index (χ2n) is 5.48. The highest BCUT2D eigenvalue weighted by atomic mass is 16.7. The van der Waals surface area contributed by atoms with Gasteiger partial charge in [0.05, 0.1) is 14.2 Å². The third kappa shape index (κ3) is 6.39. The van der Waals surface area contributed by atoms with Gasteiger partial charge in [0.2, 0.25) is 0 Å². The van der Waals surface area contributed by atoms with Gasteiger partial charge in [-0.25, -0.2) is 0 Å². The van der Waals surface area contributed by atoms with Crippen LogP contribution in [0.2, 0.25) is 0 Å². The summed E-state index contributed by atoms with van der Waals surface area (Å²) in [5, 5.41) is 0.792. The fourth-order valence-corrected chi connectivity index (χ4v) is 2.63. The number of amides is 2. The first-order valence-electron chi connectivity index (χ1n) is 7.65. The lowest BCUT2D eigenvalue weighted by molar-refractivity contribution is -0.179. The Labute approximate surface area is 131 Å². The predicted octanol–water partition coefficient (Wildman–Crippen LogP) is 2.24. The average molecular weight is 311 g/mol. The molecule has 2 fully saturated rings. The van der Waals surface area contributed by atoms with Crippen LogP contribution in [0.25, 0.3) is 0 Å². The third-order valence-electron chi connectivity index (χ3n) is 3.93. The summed E-state index contributed by atoms with van der Waals surface area (Å²) in [5.41, 5.74) is 0. The number of hydrogen-bond acceptors (Lipinski definition) is 5. The lowest BCUT2D eigenvalue weighted by atomic mass is 10.1. The zero-order valence-electron chi connectivity index (χ0n) is 13.3. The molecule has 124 valence electrons. The van der Waals surface area contributed by atoms with E-state index in [1.165, 1.54) is 39.9 Å². The van der Waals surface area contributed by atoms with Gasteiger partial charge in [0.1, 0.15) is 0 Å². The Morgan fingerprint density at radius 3 is 1.82 bits per heavy atom. The summed E-state index contributed by atoms with van der Waals surface area (Å²) in [6.07, 6.45) is 12.5. The van der Waals surface area contributed by atoms with E-state index in [4.69, 9.17) is 4.79 Å². The van der Waals surface area contributed by atoms with Crippen LogP contribution in [-0.4, -0.2) is 37.6 Å². The van der Waals surface area contributed by atoms with E-state index in [-0.39, 0.29) is 24.7 Å². The van der Waals surface area contributed by atoms with Crippen molar-refractivity contribution in [3.05, 3.63) is 12.2 Å². The molecule has 1 saturated heterocycles. The van der Waals surface area contributed by atoms with Crippen molar-refractivity contribution in [1.29, 1.82) is 0 Å². The molecule has 1 aliphatic heterocycles. The minimum atomic E-state index is -0.248. The third-order valence-corrected chi connectivity index (χ3v) is 3.93. The number of imide groups is 1. The van der Waals surface area contributed by atoms with E-state index < -0.39 is 0 Å². The molecule has 2 unspecified atom stereocenters. The maximum absolute atomic E-state index is 10.6. The second-order valence-corrected chi connectivity index (χ2v) is 5.48. The molecule has 3 aliphatic rings. The second kappa shape index (κ2) is 10.1. The van der Waals surface area contributed by atoms with Crippen molar-refractivity contribution in [2.24, 2.45) is 11.8 Å².